The van der Waals surface area contributed by atoms with Crippen LogP contribution in [0.15, 0.2) is 36.9 Å². The number of aromatic amines is 1. The summed E-state index contributed by atoms with van der Waals surface area (Å²) in [5.74, 6) is 1.78. The summed E-state index contributed by atoms with van der Waals surface area (Å²) in [7, 11) is 0. The highest BCUT2D eigenvalue weighted by molar-refractivity contribution is 6.12. The van der Waals surface area contributed by atoms with E-state index in [0.717, 1.165) is 34.8 Å². The predicted octanol–water partition coefficient (Wildman–Crippen LogP) is 5.13. The van der Waals surface area contributed by atoms with Gasteiger partial charge in [0.2, 0.25) is 0 Å². The summed E-state index contributed by atoms with van der Waals surface area (Å²) < 4.78 is 2.09. The molecule has 0 atom stereocenters. The van der Waals surface area contributed by atoms with E-state index in [1.165, 1.54) is 61.5 Å². The molecule has 2 aliphatic carbocycles. The molecule has 2 fully saturated rings. The maximum absolute atomic E-state index is 4.61. The molecular formula is C23H26N6. The van der Waals surface area contributed by atoms with Crippen LogP contribution in [0.2, 0.25) is 0 Å². The third-order valence-electron chi connectivity index (χ3n) is 6.44. The second-order valence-electron chi connectivity index (χ2n) is 8.70. The van der Waals surface area contributed by atoms with E-state index in [2.05, 4.69) is 54.4 Å². The van der Waals surface area contributed by atoms with Crippen LogP contribution in [-0.2, 0) is 6.54 Å². The zero-order valence-corrected chi connectivity index (χ0v) is 16.6. The lowest BCUT2D eigenvalue weighted by Crippen LogP contribution is -2.22. The summed E-state index contributed by atoms with van der Waals surface area (Å²) in [6.07, 6.45) is 14.9. The Morgan fingerprint density at radius 1 is 1.03 bits per heavy atom. The van der Waals surface area contributed by atoms with Gasteiger partial charge in [-0.25, -0.2) is 9.97 Å². The van der Waals surface area contributed by atoms with Crippen molar-refractivity contribution in [1.82, 2.24) is 24.7 Å². The predicted molar refractivity (Wildman–Crippen MR) is 116 cm³/mol. The summed E-state index contributed by atoms with van der Waals surface area (Å²) in [4.78, 5) is 12.6. The van der Waals surface area contributed by atoms with Crippen molar-refractivity contribution >= 4 is 27.8 Å². The highest BCUT2D eigenvalue weighted by atomic mass is 15.3. The number of hydrogen-bond acceptors (Lipinski definition) is 4. The van der Waals surface area contributed by atoms with Crippen molar-refractivity contribution in [3.05, 3.63) is 36.9 Å². The third-order valence-corrected chi connectivity index (χ3v) is 6.44. The Labute approximate surface area is 169 Å². The molecule has 0 amide bonds. The molecule has 29 heavy (non-hydrogen) atoms. The van der Waals surface area contributed by atoms with Crippen LogP contribution in [-0.4, -0.2) is 30.8 Å². The second-order valence-corrected chi connectivity index (χ2v) is 8.70. The first-order chi connectivity index (χ1) is 14.3. The third kappa shape index (κ3) is 3.26. The summed E-state index contributed by atoms with van der Waals surface area (Å²) in [6, 6.07) is 7.07. The van der Waals surface area contributed by atoms with Gasteiger partial charge in [-0.15, -0.1) is 0 Å². The zero-order valence-electron chi connectivity index (χ0n) is 16.6. The molecule has 0 spiro atoms. The van der Waals surface area contributed by atoms with E-state index < -0.39 is 0 Å². The van der Waals surface area contributed by atoms with Gasteiger partial charge in [-0.1, -0.05) is 25.3 Å². The summed E-state index contributed by atoms with van der Waals surface area (Å²) in [5, 5.41) is 10.5. The van der Waals surface area contributed by atoms with Gasteiger partial charge in [0.1, 0.15) is 17.8 Å². The van der Waals surface area contributed by atoms with Crippen molar-refractivity contribution < 1.29 is 0 Å². The molecule has 0 radical (unpaired) electrons. The van der Waals surface area contributed by atoms with E-state index in [-0.39, 0.29) is 0 Å². The van der Waals surface area contributed by atoms with Crippen LogP contribution >= 0.6 is 0 Å². The molecule has 0 saturated heterocycles. The Bertz CT molecular complexity index is 1160. The summed E-state index contributed by atoms with van der Waals surface area (Å²) in [6.45, 7) is 1.04. The average molecular weight is 387 g/mol. The fourth-order valence-corrected chi connectivity index (χ4v) is 4.63. The van der Waals surface area contributed by atoms with Gasteiger partial charge in [-0.2, -0.15) is 5.10 Å². The van der Waals surface area contributed by atoms with Crippen molar-refractivity contribution in [3.63, 3.8) is 0 Å². The van der Waals surface area contributed by atoms with E-state index >= 15 is 0 Å². The summed E-state index contributed by atoms with van der Waals surface area (Å²) in [5.41, 5.74) is 4.35. The van der Waals surface area contributed by atoms with Gasteiger partial charge < -0.3 is 10.3 Å². The van der Waals surface area contributed by atoms with Crippen LogP contribution in [0.1, 0.15) is 44.9 Å². The number of anilines is 1. The van der Waals surface area contributed by atoms with Gasteiger partial charge in [0.25, 0.3) is 0 Å². The Morgan fingerprint density at radius 2 is 1.93 bits per heavy atom. The van der Waals surface area contributed by atoms with Crippen LogP contribution in [0, 0.1) is 5.92 Å². The molecule has 2 N–H and O–H groups in total. The van der Waals surface area contributed by atoms with Crippen molar-refractivity contribution in [2.24, 2.45) is 5.92 Å². The molecule has 4 aromatic rings. The van der Waals surface area contributed by atoms with Crippen LogP contribution in [0.4, 0.5) is 5.82 Å². The molecule has 6 nitrogen and oxygen atoms in total. The van der Waals surface area contributed by atoms with Crippen molar-refractivity contribution in [2.75, 3.05) is 5.32 Å². The van der Waals surface area contributed by atoms with E-state index in [1.807, 2.05) is 6.20 Å². The lowest BCUT2D eigenvalue weighted by Gasteiger charge is -2.23. The van der Waals surface area contributed by atoms with Gasteiger partial charge in [-0.05, 0) is 49.3 Å². The molecular weight excluding hydrogens is 360 g/mol. The fraction of sp³-hybridized carbons (Fsp3) is 0.435. The smallest absolute Gasteiger partial charge is 0.143 e. The van der Waals surface area contributed by atoms with Gasteiger partial charge >= 0.3 is 0 Å². The number of fused-ring (bicyclic) bond motifs is 3. The molecule has 1 aromatic carbocycles. The number of nitrogens with zero attached hydrogens (tertiary/aromatic N) is 4. The van der Waals surface area contributed by atoms with Crippen LogP contribution in [0.3, 0.4) is 0 Å². The highest BCUT2D eigenvalue weighted by Crippen LogP contribution is 2.34. The number of rotatable bonds is 5. The quantitative estimate of drug-likeness (QED) is 0.499. The molecule has 0 bridgehead atoms. The lowest BCUT2D eigenvalue weighted by atomic mass is 9.95. The molecule has 6 rings (SSSR count). The van der Waals surface area contributed by atoms with E-state index in [4.69, 9.17) is 0 Å². The minimum Gasteiger partial charge on any atom is -0.367 e. The van der Waals surface area contributed by atoms with Crippen LogP contribution in [0.5, 0.6) is 0 Å². The molecule has 0 unspecified atom stereocenters. The normalized spacial score (nSPS) is 17.9. The minimum absolute atomic E-state index is 0.510. The fourth-order valence-electron chi connectivity index (χ4n) is 4.63. The van der Waals surface area contributed by atoms with E-state index in [0.29, 0.717) is 6.04 Å². The second kappa shape index (κ2) is 6.87. The van der Waals surface area contributed by atoms with Crippen molar-refractivity contribution in [3.8, 4) is 11.1 Å². The SMILES string of the molecule is c1nc(NC2CCCCC2)c2c(n1)[nH]c1ccc(-c3cnn(CC4CC4)c3)cc12. The van der Waals surface area contributed by atoms with Crippen LogP contribution in [0.25, 0.3) is 33.1 Å². The maximum Gasteiger partial charge on any atom is 0.143 e. The standard InChI is InChI=1S/C23H26N6/c1-2-4-18(5-3-1)27-22-21-19-10-16(8-9-20(19)28-23(21)25-14-24-22)17-11-26-29(13-17)12-15-6-7-15/h8-11,13-15,18H,1-7,12H2,(H2,24,25,27,28). The lowest BCUT2D eigenvalue weighted by molar-refractivity contribution is 0.462. The molecule has 2 saturated carbocycles. The van der Waals surface area contributed by atoms with Gasteiger partial charge in [-0.3, -0.25) is 4.68 Å². The van der Waals surface area contributed by atoms with Crippen LogP contribution < -0.4 is 5.32 Å². The molecule has 148 valence electrons. The number of nitrogens with one attached hydrogen (secondary N) is 2. The van der Waals surface area contributed by atoms with E-state index in [1.54, 1.807) is 6.33 Å². The summed E-state index contributed by atoms with van der Waals surface area (Å²) >= 11 is 0. The number of aromatic nitrogens is 5. The first kappa shape index (κ1) is 17.0. The molecule has 2 aliphatic rings. The van der Waals surface area contributed by atoms with Crippen molar-refractivity contribution in [2.45, 2.75) is 57.5 Å². The minimum atomic E-state index is 0.510. The largest absolute Gasteiger partial charge is 0.367 e. The van der Waals surface area contributed by atoms with Gasteiger partial charge in [0.15, 0.2) is 0 Å². The first-order valence-corrected chi connectivity index (χ1v) is 10.9. The topological polar surface area (TPSA) is 71.4 Å². The maximum atomic E-state index is 4.61. The monoisotopic (exact) mass is 386 g/mol. The van der Waals surface area contributed by atoms with E-state index in [9.17, 15) is 0 Å². The van der Waals surface area contributed by atoms with Gasteiger partial charge in [0, 0.05) is 35.2 Å². The Kier molecular flexibility index (Phi) is 4.03. The highest BCUT2D eigenvalue weighted by Gasteiger charge is 2.22. The first-order valence-electron chi connectivity index (χ1n) is 10.9. The Balaban J connectivity index is 1.39. The van der Waals surface area contributed by atoms with Crippen molar-refractivity contribution in [1.29, 1.82) is 0 Å². The number of H-pyrrole nitrogens is 1. The molecule has 6 heteroatoms. The Hall–Kier alpha value is -2.89. The van der Waals surface area contributed by atoms with Gasteiger partial charge in [0.05, 0.1) is 11.6 Å². The number of hydrogen-bond donors (Lipinski definition) is 2. The zero-order chi connectivity index (χ0) is 19.2. The average Bonchev–Trinajstić information content (AvgIpc) is 3.30. The molecule has 3 heterocycles. The molecule has 0 aliphatic heterocycles. The Morgan fingerprint density at radius 3 is 2.79 bits per heavy atom. The number of benzene rings is 1. The molecule has 3 aromatic heterocycles.